The summed E-state index contributed by atoms with van der Waals surface area (Å²) in [5, 5.41) is 9.78. The van der Waals surface area contributed by atoms with Crippen molar-refractivity contribution >= 4 is 22.6 Å². The van der Waals surface area contributed by atoms with Crippen LogP contribution in [0.25, 0.3) is 22.4 Å². The van der Waals surface area contributed by atoms with E-state index < -0.39 is 0 Å². The lowest BCUT2D eigenvalue weighted by atomic mass is 10.1. The maximum Gasteiger partial charge on any atom is 0.138 e. The molecule has 19 heavy (non-hydrogen) atoms. The second kappa shape index (κ2) is 4.42. The Morgan fingerprint density at radius 1 is 1.26 bits per heavy atom. The van der Waals surface area contributed by atoms with E-state index in [1.165, 1.54) is 0 Å². The lowest BCUT2D eigenvalue weighted by Gasteiger charge is -2.00. The van der Waals surface area contributed by atoms with Crippen molar-refractivity contribution in [1.82, 2.24) is 9.97 Å². The van der Waals surface area contributed by atoms with Gasteiger partial charge < -0.3 is 4.98 Å². The first-order chi connectivity index (χ1) is 9.19. The molecule has 2 aromatic carbocycles. The molecule has 0 unspecified atom stereocenters. The molecule has 0 aliphatic carbocycles. The zero-order valence-corrected chi connectivity index (χ0v) is 11.0. The summed E-state index contributed by atoms with van der Waals surface area (Å²) in [4.78, 5) is 7.70. The zero-order chi connectivity index (χ0) is 13.4. The van der Waals surface area contributed by atoms with E-state index in [1.54, 1.807) is 6.07 Å². The Morgan fingerprint density at radius 3 is 2.84 bits per heavy atom. The van der Waals surface area contributed by atoms with Gasteiger partial charge in [-0.3, -0.25) is 0 Å². The van der Waals surface area contributed by atoms with Crippen molar-refractivity contribution in [2.75, 3.05) is 0 Å². The fraction of sp³-hybridized carbons (Fsp3) is 0.0667. The van der Waals surface area contributed by atoms with Crippen LogP contribution in [0.5, 0.6) is 0 Å². The highest BCUT2D eigenvalue weighted by molar-refractivity contribution is 6.31. The number of imidazole rings is 1. The highest BCUT2D eigenvalue weighted by atomic mass is 35.5. The quantitative estimate of drug-likeness (QED) is 0.723. The summed E-state index contributed by atoms with van der Waals surface area (Å²) >= 11 is 6.13. The highest BCUT2D eigenvalue weighted by Crippen LogP contribution is 2.26. The van der Waals surface area contributed by atoms with E-state index in [0.29, 0.717) is 16.1 Å². The monoisotopic (exact) mass is 267 g/mol. The number of aromatic nitrogens is 2. The second-order valence-corrected chi connectivity index (χ2v) is 4.77. The predicted octanol–water partition coefficient (Wildman–Crippen LogP) is 4.06. The smallest absolute Gasteiger partial charge is 0.138 e. The van der Waals surface area contributed by atoms with E-state index in [0.717, 1.165) is 22.5 Å². The first-order valence-corrected chi connectivity index (χ1v) is 6.22. The molecule has 0 radical (unpaired) electrons. The molecule has 0 saturated heterocycles. The van der Waals surface area contributed by atoms with Gasteiger partial charge in [-0.2, -0.15) is 5.26 Å². The second-order valence-electron chi connectivity index (χ2n) is 4.36. The van der Waals surface area contributed by atoms with Crippen molar-refractivity contribution < 1.29 is 0 Å². The number of halogens is 1. The SMILES string of the molecule is Cc1ccc(-c2nc3c(C#N)cccc3[nH]2)cc1Cl. The molecular weight excluding hydrogens is 258 g/mol. The zero-order valence-electron chi connectivity index (χ0n) is 10.2. The van der Waals surface area contributed by atoms with Gasteiger partial charge in [0.05, 0.1) is 11.1 Å². The Balaban J connectivity index is 2.21. The summed E-state index contributed by atoms with van der Waals surface area (Å²) in [6.07, 6.45) is 0. The number of nitrogens with zero attached hydrogens (tertiary/aromatic N) is 2. The Kier molecular flexibility index (Phi) is 2.73. The molecule has 4 heteroatoms. The molecule has 0 amide bonds. The van der Waals surface area contributed by atoms with Gasteiger partial charge in [0.25, 0.3) is 0 Å². The summed E-state index contributed by atoms with van der Waals surface area (Å²) in [5.41, 5.74) is 4.05. The van der Waals surface area contributed by atoms with Gasteiger partial charge in [-0.15, -0.1) is 0 Å². The van der Waals surface area contributed by atoms with Crippen LogP contribution in [0.1, 0.15) is 11.1 Å². The van der Waals surface area contributed by atoms with Crippen LogP contribution < -0.4 is 0 Å². The van der Waals surface area contributed by atoms with Gasteiger partial charge in [-0.25, -0.2) is 4.98 Å². The first kappa shape index (κ1) is 11.8. The largest absolute Gasteiger partial charge is 0.338 e. The molecule has 3 aromatic rings. The molecule has 0 saturated carbocycles. The molecule has 3 rings (SSSR count). The summed E-state index contributed by atoms with van der Waals surface area (Å²) < 4.78 is 0. The van der Waals surface area contributed by atoms with E-state index in [-0.39, 0.29) is 0 Å². The number of aryl methyl sites for hydroxylation is 1. The standard InChI is InChI=1S/C15H10ClN3/c1-9-5-6-10(7-12(9)16)15-18-13-4-2-3-11(8-17)14(13)19-15/h2-7H,1H3,(H,18,19). The summed E-state index contributed by atoms with van der Waals surface area (Å²) in [5.74, 6) is 0.722. The third kappa shape index (κ3) is 1.96. The number of aromatic amines is 1. The average molecular weight is 268 g/mol. The van der Waals surface area contributed by atoms with Crippen LogP contribution >= 0.6 is 11.6 Å². The van der Waals surface area contributed by atoms with Gasteiger partial charge in [-0.05, 0) is 30.7 Å². The molecule has 3 nitrogen and oxygen atoms in total. The minimum absolute atomic E-state index is 0.568. The minimum Gasteiger partial charge on any atom is -0.338 e. The number of nitrogens with one attached hydrogen (secondary N) is 1. The van der Waals surface area contributed by atoms with Crippen molar-refractivity contribution in [2.24, 2.45) is 0 Å². The molecule has 0 spiro atoms. The third-order valence-electron chi connectivity index (χ3n) is 3.08. The predicted molar refractivity (Wildman–Crippen MR) is 76.0 cm³/mol. The van der Waals surface area contributed by atoms with Crippen LogP contribution in [-0.4, -0.2) is 9.97 Å². The number of hydrogen-bond acceptors (Lipinski definition) is 2. The maximum atomic E-state index is 9.07. The molecule has 0 aliphatic rings. The Hall–Kier alpha value is -2.31. The van der Waals surface area contributed by atoms with Gasteiger partial charge in [0.1, 0.15) is 17.4 Å². The van der Waals surface area contributed by atoms with Gasteiger partial charge in [0, 0.05) is 10.6 Å². The van der Waals surface area contributed by atoms with E-state index in [4.69, 9.17) is 16.9 Å². The van der Waals surface area contributed by atoms with Gasteiger partial charge in [-0.1, -0.05) is 29.8 Å². The molecule has 0 fully saturated rings. The fourth-order valence-corrected chi connectivity index (χ4v) is 2.18. The molecule has 92 valence electrons. The fourth-order valence-electron chi connectivity index (χ4n) is 2.00. The molecule has 1 aromatic heterocycles. The number of rotatable bonds is 1. The van der Waals surface area contributed by atoms with Crippen LogP contribution in [0.4, 0.5) is 0 Å². The number of H-pyrrole nitrogens is 1. The van der Waals surface area contributed by atoms with E-state index >= 15 is 0 Å². The minimum atomic E-state index is 0.568. The van der Waals surface area contributed by atoms with Crippen molar-refractivity contribution in [1.29, 1.82) is 5.26 Å². The first-order valence-electron chi connectivity index (χ1n) is 5.84. The number of fused-ring (bicyclic) bond motifs is 1. The lowest BCUT2D eigenvalue weighted by Crippen LogP contribution is -1.82. The normalized spacial score (nSPS) is 10.6. The van der Waals surface area contributed by atoms with Crippen molar-refractivity contribution in [3.05, 3.63) is 52.5 Å². The van der Waals surface area contributed by atoms with E-state index in [9.17, 15) is 0 Å². The van der Waals surface area contributed by atoms with Gasteiger partial charge in [0.15, 0.2) is 0 Å². The van der Waals surface area contributed by atoms with E-state index in [2.05, 4.69) is 16.0 Å². The molecule has 1 heterocycles. The average Bonchev–Trinajstić information content (AvgIpc) is 2.85. The Morgan fingerprint density at radius 2 is 2.11 bits per heavy atom. The van der Waals surface area contributed by atoms with Gasteiger partial charge in [0.2, 0.25) is 0 Å². The summed E-state index contributed by atoms with van der Waals surface area (Å²) in [7, 11) is 0. The molecule has 0 aliphatic heterocycles. The number of nitriles is 1. The van der Waals surface area contributed by atoms with Crippen LogP contribution in [0.15, 0.2) is 36.4 Å². The Bertz CT molecular complexity index is 812. The van der Waals surface area contributed by atoms with Gasteiger partial charge >= 0.3 is 0 Å². The molecule has 1 N–H and O–H groups in total. The number of para-hydroxylation sites is 1. The van der Waals surface area contributed by atoms with Crippen LogP contribution in [0, 0.1) is 18.3 Å². The van der Waals surface area contributed by atoms with Crippen molar-refractivity contribution in [2.45, 2.75) is 6.92 Å². The van der Waals surface area contributed by atoms with Crippen molar-refractivity contribution in [3.63, 3.8) is 0 Å². The van der Waals surface area contributed by atoms with Crippen LogP contribution in [-0.2, 0) is 0 Å². The highest BCUT2D eigenvalue weighted by Gasteiger charge is 2.09. The Labute approximate surface area is 115 Å². The number of hydrogen-bond donors (Lipinski definition) is 1. The van der Waals surface area contributed by atoms with Crippen LogP contribution in [0.2, 0.25) is 5.02 Å². The maximum absolute atomic E-state index is 9.07. The molecule has 0 bridgehead atoms. The summed E-state index contributed by atoms with van der Waals surface area (Å²) in [6, 6.07) is 13.4. The number of benzene rings is 2. The topological polar surface area (TPSA) is 52.5 Å². The summed E-state index contributed by atoms with van der Waals surface area (Å²) in [6.45, 7) is 1.96. The molecule has 0 atom stereocenters. The van der Waals surface area contributed by atoms with Crippen LogP contribution in [0.3, 0.4) is 0 Å². The van der Waals surface area contributed by atoms with Crippen molar-refractivity contribution in [3.8, 4) is 17.5 Å². The third-order valence-corrected chi connectivity index (χ3v) is 3.49. The van der Waals surface area contributed by atoms with E-state index in [1.807, 2.05) is 37.3 Å². The lowest BCUT2D eigenvalue weighted by molar-refractivity contribution is 1.33. The molecular formula is C15H10ClN3.